The highest BCUT2D eigenvalue weighted by atomic mass is 35.5. The van der Waals surface area contributed by atoms with Crippen LogP contribution in [-0.2, 0) is 0 Å². The lowest BCUT2D eigenvalue weighted by Crippen LogP contribution is -2.13. The zero-order valence-electron chi connectivity index (χ0n) is 18.0. The number of ether oxygens (including phenoxy) is 2. The molecule has 2 heterocycles. The number of benzene rings is 2. The summed E-state index contributed by atoms with van der Waals surface area (Å²) in [6.07, 6.45) is 0. The number of nitrogens with one attached hydrogen (secondary N) is 1. The maximum Gasteiger partial charge on any atom is 0.225 e. The number of fused-ring (bicyclic) bond motifs is 1. The number of halogens is 2. The van der Waals surface area contributed by atoms with E-state index in [-0.39, 0.29) is 6.04 Å². The number of methoxy groups -OCH3 is 2. The number of nitrogen functional groups attached to an aromatic ring is 1. The van der Waals surface area contributed by atoms with Gasteiger partial charge in [-0.05, 0) is 50.2 Å². The summed E-state index contributed by atoms with van der Waals surface area (Å²) in [4.78, 5) is 9.32. The predicted octanol–water partition coefficient (Wildman–Crippen LogP) is 5.21. The summed E-state index contributed by atoms with van der Waals surface area (Å²) in [5.41, 5.74) is 9.04. The van der Waals surface area contributed by atoms with E-state index in [1.165, 1.54) is 0 Å². The number of hydrogen-bond acceptors (Lipinski definition) is 7. The second-order valence-corrected chi connectivity index (χ2v) is 8.17. The fourth-order valence-corrected chi connectivity index (χ4v) is 3.63. The molecule has 32 heavy (non-hydrogen) atoms. The Bertz CT molecular complexity index is 1310. The Morgan fingerprint density at radius 3 is 2.38 bits per heavy atom. The van der Waals surface area contributed by atoms with E-state index < -0.39 is 0 Å². The number of aromatic nitrogens is 4. The van der Waals surface area contributed by atoms with E-state index in [1.54, 1.807) is 37.1 Å². The molecule has 8 nitrogen and oxygen atoms in total. The number of nitrogens with two attached hydrogens (primary N) is 1. The second kappa shape index (κ2) is 8.72. The summed E-state index contributed by atoms with van der Waals surface area (Å²) < 4.78 is 12.4. The van der Waals surface area contributed by atoms with Crippen LogP contribution >= 0.6 is 23.2 Å². The van der Waals surface area contributed by atoms with Crippen molar-refractivity contribution in [3.8, 4) is 28.4 Å². The Hall–Kier alpha value is -3.23. The van der Waals surface area contributed by atoms with Gasteiger partial charge in [0.15, 0.2) is 17.1 Å². The largest absolute Gasteiger partial charge is 0.493 e. The van der Waals surface area contributed by atoms with Gasteiger partial charge in [0.2, 0.25) is 5.95 Å². The van der Waals surface area contributed by atoms with Gasteiger partial charge in [-0.25, -0.2) is 9.67 Å². The van der Waals surface area contributed by atoms with Crippen molar-refractivity contribution in [1.82, 2.24) is 19.7 Å². The molecule has 3 N–H and O–H groups in total. The minimum atomic E-state index is 0.125. The molecule has 10 heteroatoms. The van der Waals surface area contributed by atoms with E-state index in [0.29, 0.717) is 55.7 Å². The fourth-order valence-electron chi connectivity index (χ4n) is 3.34. The van der Waals surface area contributed by atoms with Gasteiger partial charge in [-0.1, -0.05) is 23.2 Å². The van der Waals surface area contributed by atoms with Crippen LogP contribution in [0.2, 0.25) is 10.0 Å². The Morgan fingerprint density at radius 1 is 0.969 bits per heavy atom. The monoisotopic (exact) mass is 472 g/mol. The third kappa shape index (κ3) is 3.99. The van der Waals surface area contributed by atoms with Crippen LogP contribution in [0.3, 0.4) is 0 Å². The van der Waals surface area contributed by atoms with Crippen molar-refractivity contribution in [3.63, 3.8) is 0 Å². The molecule has 0 aliphatic carbocycles. The molecule has 0 bridgehead atoms. The van der Waals surface area contributed by atoms with Gasteiger partial charge in [-0.2, -0.15) is 4.98 Å². The molecular weight excluding hydrogens is 451 g/mol. The molecule has 0 aliphatic rings. The number of hydrogen-bond donors (Lipinski definition) is 2. The minimum absolute atomic E-state index is 0.125. The number of nitrogens with zero attached hydrogens (tertiary/aromatic N) is 4. The topological polar surface area (TPSA) is 100 Å². The number of anilines is 2. The average Bonchev–Trinajstić information content (AvgIpc) is 3.10. The van der Waals surface area contributed by atoms with Crippen LogP contribution in [0, 0.1) is 0 Å². The van der Waals surface area contributed by atoms with Crippen molar-refractivity contribution in [2.75, 3.05) is 25.3 Å². The molecule has 0 aliphatic heterocycles. The summed E-state index contributed by atoms with van der Waals surface area (Å²) in [5.74, 6) is 2.00. The highest BCUT2D eigenvalue weighted by molar-refractivity contribution is 6.42. The first kappa shape index (κ1) is 22.0. The maximum absolute atomic E-state index is 6.54. The van der Waals surface area contributed by atoms with E-state index >= 15 is 0 Å². The molecule has 4 aromatic rings. The molecule has 0 unspecified atom stereocenters. The lowest BCUT2D eigenvalue weighted by Gasteiger charge is -2.12. The third-order valence-corrected chi connectivity index (χ3v) is 5.53. The number of rotatable bonds is 6. The van der Waals surface area contributed by atoms with Crippen molar-refractivity contribution in [3.05, 3.63) is 46.4 Å². The third-order valence-electron chi connectivity index (χ3n) is 4.79. The Morgan fingerprint density at radius 2 is 1.72 bits per heavy atom. The highest BCUT2D eigenvalue weighted by Gasteiger charge is 2.21. The SMILES string of the molecule is COc1ccc(-c2nc(NC(C)C)nc3nn(-c4ccc(Cl)c(Cl)c4)c(N)c23)cc1OC. The molecule has 0 amide bonds. The minimum Gasteiger partial charge on any atom is -0.493 e. The summed E-state index contributed by atoms with van der Waals surface area (Å²) in [6.45, 7) is 4.01. The lowest BCUT2D eigenvalue weighted by molar-refractivity contribution is 0.355. The quantitative estimate of drug-likeness (QED) is 0.397. The summed E-state index contributed by atoms with van der Waals surface area (Å²) in [5, 5.41) is 9.32. The van der Waals surface area contributed by atoms with Crippen LogP contribution in [0.25, 0.3) is 28.0 Å². The molecule has 0 saturated carbocycles. The van der Waals surface area contributed by atoms with Crippen molar-refractivity contribution in [2.45, 2.75) is 19.9 Å². The lowest BCUT2D eigenvalue weighted by atomic mass is 10.1. The van der Waals surface area contributed by atoms with Gasteiger partial charge < -0.3 is 20.5 Å². The molecule has 0 spiro atoms. The first-order valence-electron chi connectivity index (χ1n) is 9.83. The normalized spacial score (nSPS) is 11.2. The molecule has 0 fully saturated rings. The first-order chi connectivity index (χ1) is 15.3. The van der Waals surface area contributed by atoms with E-state index in [9.17, 15) is 0 Å². The van der Waals surface area contributed by atoms with Gasteiger partial charge >= 0.3 is 0 Å². The Kier molecular flexibility index (Phi) is 5.99. The van der Waals surface area contributed by atoms with Crippen LogP contribution in [0.15, 0.2) is 36.4 Å². The fraction of sp³-hybridized carbons (Fsp3) is 0.227. The van der Waals surface area contributed by atoms with Crippen molar-refractivity contribution in [2.24, 2.45) is 0 Å². The summed E-state index contributed by atoms with van der Waals surface area (Å²) >= 11 is 12.3. The van der Waals surface area contributed by atoms with Gasteiger partial charge in [-0.15, -0.1) is 5.10 Å². The summed E-state index contributed by atoms with van der Waals surface area (Å²) in [6, 6.07) is 10.8. The predicted molar refractivity (Wildman–Crippen MR) is 128 cm³/mol. The zero-order valence-corrected chi connectivity index (χ0v) is 19.5. The van der Waals surface area contributed by atoms with Gasteiger partial charge in [0.05, 0.1) is 41.0 Å². The van der Waals surface area contributed by atoms with Crippen LogP contribution in [0.5, 0.6) is 11.5 Å². The van der Waals surface area contributed by atoms with Gasteiger partial charge in [-0.3, -0.25) is 0 Å². The molecule has 0 radical (unpaired) electrons. The first-order valence-corrected chi connectivity index (χ1v) is 10.6. The smallest absolute Gasteiger partial charge is 0.225 e. The average molecular weight is 473 g/mol. The van der Waals surface area contributed by atoms with E-state index in [1.807, 2.05) is 32.0 Å². The molecule has 0 saturated heterocycles. The van der Waals surface area contributed by atoms with Crippen molar-refractivity contribution >= 4 is 46.0 Å². The molecule has 2 aromatic carbocycles. The highest BCUT2D eigenvalue weighted by Crippen LogP contribution is 2.37. The van der Waals surface area contributed by atoms with Crippen molar-refractivity contribution in [1.29, 1.82) is 0 Å². The van der Waals surface area contributed by atoms with E-state index in [2.05, 4.69) is 15.4 Å². The van der Waals surface area contributed by atoms with Crippen LogP contribution in [-0.4, -0.2) is 40.0 Å². The standard InChI is InChI=1S/C22H22Cl2N6O2/c1-11(2)26-22-27-19(12-5-8-16(31-3)17(9-12)32-4)18-20(25)30(29-21(18)28-22)13-6-7-14(23)15(24)10-13/h5-11H,25H2,1-4H3,(H,26,28,29). The van der Waals surface area contributed by atoms with E-state index in [4.69, 9.17) is 43.4 Å². The molecule has 0 atom stereocenters. The second-order valence-electron chi connectivity index (χ2n) is 7.36. The zero-order chi connectivity index (χ0) is 23.0. The molecule has 166 valence electrons. The van der Waals surface area contributed by atoms with Crippen LogP contribution in [0.4, 0.5) is 11.8 Å². The Balaban J connectivity index is 1.98. The van der Waals surface area contributed by atoms with Gasteiger partial charge in [0.25, 0.3) is 0 Å². The van der Waals surface area contributed by atoms with Gasteiger partial charge in [0, 0.05) is 11.6 Å². The molecule has 4 rings (SSSR count). The molecule has 2 aromatic heterocycles. The van der Waals surface area contributed by atoms with Crippen LogP contribution < -0.4 is 20.5 Å². The molecular formula is C22H22Cl2N6O2. The summed E-state index contributed by atoms with van der Waals surface area (Å²) in [7, 11) is 3.17. The van der Waals surface area contributed by atoms with E-state index in [0.717, 1.165) is 5.56 Å². The van der Waals surface area contributed by atoms with Gasteiger partial charge in [0.1, 0.15) is 5.82 Å². The van der Waals surface area contributed by atoms with Crippen LogP contribution in [0.1, 0.15) is 13.8 Å². The Labute approximate surface area is 195 Å². The maximum atomic E-state index is 6.54. The van der Waals surface area contributed by atoms with Crippen molar-refractivity contribution < 1.29 is 9.47 Å².